The minimum atomic E-state index is -0.252. The van der Waals surface area contributed by atoms with E-state index in [1.165, 1.54) is 4.68 Å². The molecule has 2 saturated heterocycles. The largest absolute Gasteiger partial charge is 0.345 e. The molecular formula is C12H16ClN5O2. The fourth-order valence-electron chi connectivity index (χ4n) is 2.96. The highest BCUT2D eigenvalue weighted by Crippen LogP contribution is 2.32. The molecule has 2 fully saturated rings. The normalized spacial score (nSPS) is 26.1. The smallest absolute Gasteiger partial charge is 0.293 e. The first-order valence-corrected chi connectivity index (χ1v) is 6.96. The van der Waals surface area contributed by atoms with Crippen LogP contribution in [0.3, 0.4) is 0 Å². The number of carbonyl (C=O) groups excluding carboxylic acids is 2. The number of carbonyl (C=O) groups is 2. The molecule has 3 heterocycles. The molecule has 3 rings (SSSR count). The lowest BCUT2D eigenvalue weighted by Crippen LogP contribution is -2.42. The number of aryl methyl sites for hydroxylation is 1. The predicted molar refractivity (Wildman–Crippen MR) is 71.2 cm³/mol. The van der Waals surface area contributed by atoms with Gasteiger partial charge in [0.15, 0.2) is 0 Å². The maximum Gasteiger partial charge on any atom is 0.293 e. The molecule has 0 unspecified atom stereocenters. The van der Waals surface area contributed by atoms with Crippen LogP contribution in [0, 0.1) is 11.8 Å². The third-order valence-corrected chi connectivity index (χ3v) is 4.49. The molecule has 2 amide bonds. The second-order valence-corrected chi connectivity index (χ2v) is 5.79. The molecule has 0 spiro atoms. The first kappa shape index (κ1) is 13.4. The molecule has 2 aliphatic heterocycles. The summed E-state index contributed by atoms with van der Waals surface area (Å²) in [6.45, 7) is 1.80. The van der Waals surface area contributed by atoms with E-state index in [0.29, 0.717) is 13.1 Å². The first-order chi connectivity index (χ1) is 9.47. The number of aromatic nitrogens is 3. The highest BCUT2D eigenvalue weighted by Gasteiger charge is 2.43. The van der Waals surface area contributed by atoms with Crippen LogP contribution in [-0.4, -0.2) is 63.1 Å². The van der Waals surface area contributed by atoms with Gasteiger partial charge in [-0.15, -0.1) is 5.10 Å². The molecule has 0 saturated carbocycles. The molecule has 0 bridgehead atoms. The van der Waals surface area contributed by atoms with E-state index in [1.807, 2.05) is 7.05 Å². The molecule has 20 heavy (non-hydrogen) atoms. The topological polar surface area (TPSA) is 71.3 Å². The lowest BCUT2D eigenvalue weighted by atomic mass is 9.88. The number of piperidine rings is 1. The number of hydrogen-bond donors (Lipinski definition) is 0. The van der Waals surface area contributed by atoms with Crippen molar-refractivity contribution in [2.24, 2.45) is 18.9 Å². The summed E-state index contributed by atoms with van der Waals surface area (Å²) in [7, 11) is 3.44. The second-order valence-electron chi connectivity index (χ2n) is 5.45. The highest BCUT2D eigenvalue weighted by atomic mass is 35.5. The molecule has 0 radical (unpaired) electrons. The van der Waals surface area contributed by atoms with Crippen molar-refractivity contribution >= 4 is 23.4 Å². The van der Waals surface area contributed by atoms with Crippen LogP contribution in [0.1, 0.15) is 17.0 Å². The number of fused-ring (bicyclic) bond motifs is 1. The fraction of sp³-hybridized carbons (Fsp3) is 0.667. The zero-order valence-corrected chi connectivity index (χ0v) is 12.2. The molecule has 7 nitrogen and oxygen atoms in total. The SMILES string of the molecule is CN1CC[C@@H]2CN(C(=O)c3nc(Cl)n(C)n3)C[C@@H]2C1=O. The van der Waals surface area contributed by atoms with Crippen molar-refractivity contribution in [3.8, 4) is 0 Å². The maximum absolute atomic E-state index is 12.3. The Labute approximate surface area is 121 Å². The minimum Gasteiger partial charge on any atom is -0.345 e. The molecule has 1 aromatic rings. The maximum atomic E-state index is 12.3. The van der Waals surface area contributed by atoms with Gasteiger partial charge in [0.05, 0.1) is 5.92 Å². The summed E-state index contributed by atoms with van der Waals surface area (Å²) in [5.41, 5.74) is 0. The van der Waals surface area contributed by atoms with Gasteiger partial charge in [0.2, 0.25) is 17.0 Å². The van der Waals surface area contributed by atoms with Gasteiger partial charge in [-0.3, -0.25) is 9.59 Å². The molecule has 2 atom stereocenters. The van der Waals surface area contributed by atoms with Gasteiger partial charge in [-0.1, -0.05) is 0 Å². The van der Waals surface area contributed by atoms with E-state index in [-0.39, 0.29) is 34.8 Å². The zero-order valence-electron chi connectivity index (χ0n) is 11.4. The van der Waals surface area contributed by atoms with Crippen molar-refractivity contribution in [3.63, 3.8) is 0 Å². The Hall–Kier alpha value is -1.63. The third-order valence-electron chi connectivity index (χ3n) is 4.16. The van der Waals surface area contributed by atoms with Crippen LogP contribution in [0.15, 0.2) is 0 Å². The molecular weight excluding hydrogens is 282 g/mol. The van der Waals surface area contributed by atoms with Crippen molar-refractivity contribution in [1.82, 2.24) is 24.6 Å². The average molecular weight is 298 g/mol. The lowest BCUT2D eigenvalue weighted by Gasteiger charge is -2.30. The second kappa shape index (κ2) is 4.73. The van der Waals surface area contributed by atoms with E-state index in [4.69, 9.17) is 11.6 Å². The summed E-state index contributed by atoms with van der Waals surface area (Å²) >= 11 is 5.80. The first-order valence-electron chi connectivity index (χ1n) is 6.58. The van der Waals surface area contributed by atoms with Crippen LogP contribution < -0.4 is 0 Å². The fourth-order valence-corrected chi connectivity index (χ4v) is 3.08. The molecule has 0 aliphatic carbocycles. The number of nitrogens with zero attached hydrogens (tertiary/aromatic N) is 5. The summed E-state index contributed by atoms with van der Waals surface area (Å²) in [4.78, 5) is 31.8. The van der Waals surface area contributed by atoms with E-state index < -0.39 is 0 Å². The van der Waals surface area contributed by atoms with Gasteiger partial charge >= 0.3 is 0 Å². The molecule has 0 N–H and O–H groups in total. The number of halogens is 1. The van der Waals surface area contributed by atoms with Crippen molar-refractivity contribution in [2.75, 3.05) is 26.7 Å². The molecule has 2 aliphatic rings. The minimum absolute atomic E-state index is 0.0862. The van der Waals surface area contributed by atoms with E-state index in [2.05, 4.69) is 10.1 Å². The molecule has 1 aromatic heterocycles. The van der Waals surface area contributed by atoms with Crippen LogP contribution in [-0.2, 0) is 11.8 Å². The number of amides is 2. The Kier molecular flexibility index (Phi) is 3.16. The van der Waals surface area contributed by atoms with Crippen LogP contribution in [0.25, 0.3) is 0 Å². The molecule has 0 aromatic carbocycles. The van der Waals surface area contributed by atoms with Crippen LogP contribution in [0.2, 0.25) is 5.28 Å². The van der Waals surface area contributed by atoms with Gasteiger partial charge in [-0.05, 0) is 23.9 Å². The van der Waals surface area contributed by atoms with Crippen molar-refractivity contribution < 1.29 is 9.59 Å². The zero-order chi connectivity index (χ0) is 14.4. The summed E-state index contributed by atoms with van der Waals surface area (Å²) in [5, 5.41) is 4.17. The molecule has 8 heteroatoms. The van der Waals surface area contributed by atoms with Crippen LogP contribution in [0.5, 0.6) is 0 Å². The van der Waals surface area contributed by atoms with E-state index in [9.17, 15) is 9.59 Å². The quantitative estimate of drug-likeness (QED) is 0.732. The number of hydrogen-bond acceptors (Lipinski definition) is 4. The average Bonchev–Trinajstić information content (AvgIpc) is 2.98. The summed E-state index contributed by atoms with van der Waals surface area (Å²) in [5.74, 6) is 0.136. The Balaban J connectivity index is 1.76. The highest BCUT2D eigenvalue weighted by molar-refractivity contribution is 6.28. The van der Waals surface area contributed by atoms with Crippen LogP contribution in [0.4, 0.5) is 0 Å². The van der Waals surface area contributed by atoms with Crippen molar-refractivity contribution in [2.45, 2.75) is 6.42 Å². The van der Waals surface area contributed by atoms with Gasteiger partial charge < -0.3 is 9.80 Å². The predicted octanol–water partition coefficient (Wildman–Crippen LogP) is 0.0188. The van der Waals surface area contributed by atoms with Gasteiger partial charge in [-0.25, -0.2) is 4.68 Å². The standard InChI is InChI=1S/C12H16ClN5O2/c1-16-4-3-7-5-18(6-8(7)10(16)19)11(20)9-14-12(13)17(2)15-9/h7-8H,3-6H2,1-2H3/t7-,8+/m1/s1. The summed E-state index contributed by atoms with van der Waals surface area (Å²) in [6, 6.07) is 0. The Morgan fingerprint density at radius 2 is 2.10 bits per heavy atom. The van der Waals surface area contributed by atoms with E-state index in [0.717, 1.165) is 13.0 Å². The summed E-state index contributed by atoms with van der Waals surface area (Å²) < 4.78 is 1.36. The van der Waals surface area contributed by atoms with E-state index in [1.54, 1.807) is 16.8 Å². The van der Waals surface area contributed by atoms with Gasteiger partial charge in [0.25, 0.3) is 5.91 Å². The lowest BCUT2D eigenvalue weighted by molar-refractivity contribution is -0.137. The monoisotopic (exact) mass is 297 g/mol. The van der Waals surface area contributed by atoms with Crippen molar-refractivity contribution in [3.05, 3.63) is 11.1 Å². The van der Waals surface area contributed by atoms with Crippen LogP contribution >= 0.6 is 11.6 Å². The number of likely N-dealkylation sites (tertiary alicyclic amines) is 2. The number of rotatable bonds is 1. The van der Waals surface area contributed by atoms with E-state index >= 15 is 0 Å². The summed E-state index contributed by atoms with van der Waals surface area (Å²) in [6.07, 6.45) is 0.938. The Bertz CT molecular complexity index is 553. The molecule has 108 valence electrons. The Morgan fingerprint density at radius 3 is 2.75 bits per heavy atom. The third kappa shape index (κ3) is 2.06. The van der Waals surface area contributed by atoms with Gasteiger partial charge in [0, 0.05) is 33.7 Å². The van der Waals surface area contributed by atoms with Gasteiger partial charge in [-0.2, -0.15) is 4.98 Å². The Morgan fingerprint density at radius 1 is 1.35 bits per heavy atom. The van der Waals surface area contributed by atoms with Crippen molar-refractivity contribution in [1.29, 1.82) is 0 Å². The van der Waals surface area contributed by atoms with Gasteiger partial charge in [0.1, 0.15) is 0 Å².